The fourth-order valence-electron chi connectivity index (χ4n) is 1.69. The second-order valence-electron chi connectivity index (χ2n) is 3.87. The number of carbonyl (C=O) groups is 1. The molecule has 88 valence electrons. The molecule has 0 amide bonds. The minimum atomic E-state index is -0.787. The molecule has 1 rings (SSSR count). The molecule has 0 saturated heterocycles. The zero-order chi connectivity index (χ0) is 12.3. The van der Waals surface area contributed by atoms with Gasteiger partial charge in [0.15, 0.2) is 0 Å². The average Bonchev–Trinajstić information content (AvgIpc) is 2.19. The Kier molecular flexibility index (Phi) is 4.35. The summed E-state index contributed by atoms with van der Waals surface area (Å²) in [5, 5.41) is 18.4. The summed E-state index contributed by atoms with van der Waals surface area (Å²) in [4.78, 5) is 10.4. The lowest BCUT2D eigenvalue weighted by molar-refractivity contribution is -0.137. The number of aliphatic carboxylic acids is 1. The SMILES string of the molecule is Cc1cc(Br)c(CCCC(=O)O)c(C)c1O. The van der Waals surface area contributed by atoms with E-state index in [-0.39, 0.29) is 6.42 Å². The highest BCUT2D eigenvalue weighted by Gasteiger charge is 2.11. The highest BCUT2D eigenvalue weighted by atomic mass is 79.9. The van der Waals surface area contributed by atoms with Crippen molar-refractivity contribution >= 4 is 21.9 Å². The predicted molar refractivity (Wildman–Crippen MR) is 65.9 cm³/mol. The van der Waals surface area contributed by atoms with Crippen molar-refractivity contribution in [3.8, 4) is 5.75 Å². The van der Waals surface area contributed by atoms with E-state index in [1.807, 2.05) is 19.9 Å². The van der Waals surface area contributed by atoms with Crippen molar-refractivity contribution in [1.82, 2.24) is 0 Å². The molecule has 0 atom stereocenters. The van der Waals surface area contributed by atoms with E-state index in [1.165, 1.54) is 0 Å². The summed E-state index contributed by atoms with van der Waals surface area (Å²) < 4.78 is 0.936. The molecular formula is C12H15BrO3. The van der Waals surface area contributed by atoms with Gasteiger partial charge in [0.1, 0.15) is 5.75 Å². The fraction of sp³-hybridized carbons (Fsp3) is 0.417. The van der Waals surface area contributed by atoms with Gasteiger partial charge in [0.05, 0.1) is 0 Å². The largest absolute Gasteiger partial charge is 0.507 e. The first-order valence-electron chi connectivity index (χ1n) is 5.12. The van der Waals surface area contributed by atoms with Crippen molar-refractivity contribution in [1.29, 1.82) is 0 Å². The van der Waals surface area contributed by atoms with Crippen molar-refractivity contribution in [2.24, 2.45) is 0 Å². The Morgan fingerprint density at radius 2 is 2.06 bits per heavy atom. The van der Waals surface area contributed by atoms with E-state index in [0.717, 1.165) is 21.2 Å². The van der Waals surface area contributed by atoms with Crippen LogP contribution < -0.4 is 0 Å². The normalized spacial score (nSPS) is 10.4. The number of hydrogen-bond acceptors (Lipinski definition) is 2. The van der Waals surface area contributed by atoms with E-state index in [0.29, 0.717) is 18.6 Å². The maximum absolute atomic E-state index is 10.4. The van der Waals surface area contributed by atoms with Crippen LogP contribution in [0.25, 0.3) is 0 Å². The molecule has 0 aliphatic heterocycles. The number of aromatic hydroxyl groups is 1. The molecule has 0 unspecified atom stereocenters. The van der Waals surface area contributed by atoms with Crippen LogP contribution in [0, 0.1) is 13.8 Å². The highest BCUT2D eigenvalue weighted by molar-refractivity contribution is 9.10. The van der Waals surface area contributed by atoms with Gasteiger partial charge in [-0.1, -0.05) is 15.9 Å². The summed E-state index contributed by atoms with van der Waals surface area (Å²) in [7, 11) is 0. The lowest BCUT2D eigenvalue weighted by atomic mass is 9.99. The molecule has 1 aromatic carbocycles. The van der Waals surface area contributed by atoms with E-state index in [1.54, 1.807) is 0 Å². The van der Waals surface area contributed by atoms with E-state index < -0.39 is 5.97 Å². The van der Waals surface area contributed by atoms with E-state index in [4.69, 9.17) is 5.11 Å². The van der Waals surface area contributed by atoms with Gasteiger partial charge in [-0.3, -0.25) is 4.79 Å². The van der Waals surface area contributed by atoms with Gasteiger partial charge in [0, 0.05) is 10.9 Å². The number of rotatable bonds is 4. The van der Waals surface area contributed by atoms with Crippen LogP contribution in [-0.2, 0) is 11.2 Å². The van der Waals surface area contributed by atoms with Crippen LogP contribution in [-0.4, -0.2) is 16.2 Å². The van der Waals surface area contributed by atoms with Crippen LogP contribution in [0.1, 0.15) is 29.5 Å². The van der Waals surface area contributed by atoms with Crippen LogP contribution in [0.5, 0.6) is 5.75 Å². The maximum Gasteiger partial charge on any atom is 0.303 e. The van der Waals surface area contributed by atoms with Crippen molar-refractivity contribution < 1.29 is 15.0 Å². The van der Waals surface area contributed by atoms with Crippen molar-refractivity contribution in [3.05, 3.63) is 27.2 Å². The molecule has 0 spiro atoms. The molecule has 0 aliphatic carbocycles. The second kappa shape index (κ2) is 5.34. The van der Waals surface area contributed by atoms with E-state index in [2.05, 4.69) is 15.9 Å². The first kappa shape index (κ1) is 13.0. The minimum Gasteiger partial charge on any atom is -0.507 e. The van der Waals surface area contributed by atoms with Gasteiger partial charge in [-0.25, -0.2) is 0 Å². The molecule has 0 heterocycles. The van der Waals surface area contributed by atoms with E-state index >= 15 is 0 Å². The first-order valence-corrected chi connectivity index (χ1v) is 5.92. The third-order valence-corrected chi connectivity index (χ3v) is 3.34. The number of benzene rings is 1. The summed E-state index contributed by atoms with van der Waals surface area (Å²) in [6.45, 7) is 3.69. The first-order chi connectivity index (χ1) is 7.43. The number of hydrogen-bond donors (Lipinski definition) is 2. The highest BCUT2D eigenvalue weighted by Crippen LogP contribution is 2.32. The van der Waals surface area contributed by atoms with Gasteiger partial charge >= 0.3 is 5.97 Å². The zero-order valence-corrected chi connectivity index (χ0v) is 11.0. The lowest BCUT2D eigenvalue weighted by Gasteiger charge is -2.12. The summed E-state index contributed by atoms with van der Waals surface area (Å²) in [6.07, 6.45) is 1.39. The summed E-state index contributed by atoms with van der Waals surface area (Å²) >= 11 is 3.44. The zero-order valence-electron chi connectivity index (χ0n) is 9.38. The quantitative estimate of drug-likeness (QED) is 0.894. The average molecular weight is 287 g/mol. The molecule has 1 aromatic rings. The Morgan fingerprint density at radius 1 is 1.44 bits per heavy atom. The predicted octanol–water partition coefficient (Wildman–Crippen LogP) is 3.18. The molecule has 0 aromatic heterocycles. The van der Waals surface area contributed by atoms with Crippen molar-refractivity contribution in [2.45, 2.75) is 33.1 Å². The number of carboxylic acid groups (broad SMARTS) is 1. The number of halogens is 1. The number of carboxylic acids is 1. The Bertz CT molecular complexity index is 413. The Hall–Kier alpha value is -1.03. The van der Waals surface area contributed by atoms with Crippen LogP contribution in [0.2, 0.25) is 0 Å². The number of phenols is 1. The Balaban J connectivity index is 2.87. The van der Waals surface area contributed by atoms with Gasteiger partial charge < -0.3 is 10.2 Å². The molecule has 3 nitrogen and oxygen atoms in total. The van der Waals surface area contributed by atoms with Gasteiger partial charge in [-0.15, -0.1) is 0 Å². The van der Waals surface area contributed by atoms with Crippen LogP contribution >= 0.6 is 15.9 Å². The molecule has 0 saturated carbocycles. The molecule has 0 radical (unpaired) electrons. The summed E-state index contributed by atoms with van der Waals surface area (Å²) in [6, 6.07) is 1.86. The van der Waals surface area contributed by atoms with E-state index in [9.17, 15) is 9.90 Å². The second-order valence-corrected chi connectivity index (χ2v) is 4.73. The Morgan fingerprint density at radius 3 is 2.62 bits per heavy atom. The molecule has 0 fully saturated rings. The minimum absolute atomic E-state index is 0.153. The standard InChI is InChI=1S/C12H15BrO3/c1-7-6-10(13)9(8(2)12(7)16)4-3-5-11(14)15/h6,16H,3-5H2,1-2H3,(H,14,15). The fourth-order valence-corrected chi connectivity index (χ4v) is 2.53. The topological polar surface area (TPSA) is 57.5 Å². The van der Waals surface area contributed by atoms with Gasteiger partial charge in [-0.05, 0) is 49.4 Å². The summed E-state index contributed by atoms with van der Waals surface area (Å²) in [5.41, 5.74) is 2.65. The number of phenolic OH excluding ortho intramolecular Hbond substituents is 1. The molecule has 0 bridgehead atoms. The Labute approximate surface area is 103 Å². The third-order valence-electron chi connectivity index (χ3n) is 2.63. The molecule has 4 heteroatoms. The van der Waals surface area contributed by atoms with Crippen LogP contribution in [0.3, 0.4) is 0 Å². The maximum atomic E-state index is 10.4. The van der Waals surface area contributed by atoms with Crippen LogP contribution in [0.4, 0.5) is 0 Å². The van der Waals surface area contributed by atoms with Gasteiger partial charge in [0.2, 0.25) is 0 Å². The van der Waals surface area contributed by atoms with Crippen molar-refractivity contribution in [2.75, 3.05) is 0 Å². The molecule has 2 N–H and O–H groups in total. The molecule has 0 aliphatic rings. The summed E-state index contributed by atoms with van der Waals surface area (Å²) in [5.74, 6) is -0.487. The van der Waals surface area contributed by atoms with Crippen LogP contribution in [0.15, 0.2) is 10.5 Å². The van der Waals surface area contributed by atoms with Gasteiger partial charge in [-0.2, -0.15) is 0 Å². The monoisotopic (exact) mass is 286 g/mol. The third kappa shape index (κ3) is 2.98. The smallest absolute Gasteiger partial charge is 0.303 e. The van der Waals surface area contributed by atoms with Gasteiger partial charge in [0.25, 0.3) is 0 Å². The molecule has 16 heavy (non-hydrogen) atoms. The molecular weight excluding hydrogens is 272 g/mol. The van der Waals surface area contributed by atoms with Crippen molar-refractivity contribution in [3.63, 3.8) is 0 Å². The number of aryl methyl sites for hydroxylation is 1. The lowest BCUT2D eigenvalue weighted by Crippen LogP contribution is -1.99.